The van der Waals surface area contributed by atoms with E-state index in [0.29, 0.717) is 25.7 Å². The van der Waals surface area contributed by atoms with Crippen molar-refractivity contribution in [1.82, 2.24) is 0 Å². The monoisotopic (exact) mass is 1000 g/mol. The molecule has 0 bridgehead atoms. The first-order valence-corrected chi connectivity index (χ1v) is 28.8. The van der Waals surface area contributed by atoms with Crippen LogP contribution in [0.4, 0.5) is 0 Å². The summed E-state index contributed by atoms with van der Waals surface area (Å²) in [5, 5.41) is 10.4. The lowest BCUT2D eigenvalue weighted by atomic mass is 10.1. The number of esters is 4. The predicted molar refractivity (Wildman–Crippen MR) is 257 cm³/mol. The molecular formula is C48H92O17P2. The van der Waals surface area contributed by atoms with Crippen LogP contribution in [-0.4, -0.2) is 96.7 Å². The van der Waals surface area contributed by atoms with Crippen molar-refractivity contribution in [2.24, 2.45) is 0 Å². The zero-order valence-corrected chi connectivity index (χ0v) is 43.6. The maximum atomic E-state index is 12.8. The normalized spacial score (nSPS) is 14.7. The number of hydrogen-bond acceptors (Lipinski definition) is 15. The molecule has 0 aromatic rings. The first-order valence-electron chi connectivity index (χ1n) is 25.8. The maximum Gasteiger partial charge on any atom is 0.472 e. The van der Waals surface area contributed by atoms with Gasteiger partial charge in [0, 0.05) is 25.7 Å². The number of phosphoric acid groups is 2. The third-order valence-corrected chi connectivity index (χ3v) is 12.8. The minimum Gasteiger partial charge on any atom is -0.462 e. The fourth-order valence-corrected chi connectivity index (χ4v) is 8.38. The fraction of sp³-hybridized carbons (Fsp3) is 0.917. The van der Waals surface area contributed by atoms with E-state index < -0.39 is 97.5 Å². The second-order valence-corrected chi connectivity index (χ2v) is 20.4. The van der Waals surface area contributed by atoms with E-state index in [4.69, 9.17) is 37.0 Å². The Balaban J connectivity index is 5.13. The molecule has 0 saturated carbocycles. The number of aliphatic hydroxyl groups is 1. The van der Waals surface area contributed by atoms with Gasteiger partial charge in [0.25, 0.3) is 0 Å². The average molecular weight is 1000 g/mol. The molecule has 19 heteroatoms. The van der Waals surface area contributed by atoms with Crippen molar-refractivity contribution in [1.29, 1.82) is 0 Å². The molecule has 0 aliphatic heterocycles. The molecule has 67 heavy (non-hydrogen) atoms. The zero-order valence-electron chi connectivity index (χ0n) is 41.8. The highest BCUT2D eigenvalue weighted by Gasteiger charge is 2.30. The number of hydrogen-bond donors (Lipinski definition) is 3. The minimum atomic E-state index is -4.92. The summed E-state index contributed by atoms with van der Waals surface area (Å²) >= 11 is 0. The molecule has 0 heterocycles. The van der Waals surface area contributed by atoms with Gasteiger partial charge in [-0.25, -0.2) is 9.13 Å². The summed E-state index contributed by atoms with van der Waals surface area (Å²) in [7, 11) is -9.83. The van der Waals surface area contributed by atoms with E-state index in [-0.39, 0.29) is 25.7 Å². The minimum absolute atomic E-state index is 0.102. The third kappa shape index (κ3) is 43.8. The summed E-state index contributed by atoms with van der Waals surface area (Å²) in [5.41, 5.74) is 0. The molecule has 0 aromatic carbocycles. The Bertz CT molecular complexity index is 1340. The van der Waals surface area contributed by atoms with Crippen LogP contribution < -0.4 is 0 Å². The molecule has 0 aliphatic rings. The van der Waals surface area contributed by atoms with Gasteiger partial charge in [-0.05, 0) is 25.7 Å². The largest absolute Gasteiger partial charge is 0.472 e. The Morgan fingerprint density at radius 2 is 0.597 bits per heavy atom. The van der Waals surface area contributed by atoms with Gasteiger partial charge in [0.15, 0.2) is 12.2 Å². The molecule has 3 N–H and O–H groups in total. The van der Waals surface area contributed by atoms with Crippen LogP contribution >= 0.6 is 15.6 Å². The lowest BCUT2D eigenvalue weighted by molar-refractivity contribution is -0.161. The van der Waals surface area contributed by atoms with Gasteiger partial charge in [-0.1, -0.05) is 175 Å². The van der Waals surface area contributed by atoms with E-state index >= 15 is 0 Å². The first kappa shape index (κ1) is 65.1. The summed E-state index contributed by atoms with van der Waals surface area (Å²) in [6, 6.07) is 0. The summed E-state index contributed by atoms with van der Waals surface area (Å²) < 4.78 is 66.8. The smallest absolute Gasteiger partial charge is 0.462 e. The van der Waals surface area contributed by atoms with Crippen LogP contribution in [-0.2, 0) is 65.4 Å². The molecule has 0 rings (SSSR count). The summed E-state index contributed by atoms with van der Waals surface area (Å²) in [6.45, 7) is 4.54. The Morgan fingerprint density at radius 3 is 0.896 bits per heavy atom. The highest BCUT2D eigenvalue weighted by Crippen LogP contribution is 2.45. The van der Waals surface area contributed by atoms with E-state index in [0.717, 1.165) is 116 Å². The van der Waals surface area contributed by atoms with Crippen molar-refractivity contribution < 1.29 is 80.2 Å². The van der Waals surface area contributed by atoms with E-state index in [2.05, 4.69) is 20.8 Å². The van der Waals surface area contributed by atoms with E-state index in [9.17, 15) is 43.2 Å². The summed E-state index contributed by atoms with van der Waals surface area (Å²) in [4.78, 5) is 70.8. The molecule has 0 fully saturated rings. The van der Waals surface area contributed by atoms with Crippen LogP contribution in [0.15, 0.2) is 0 Å². The van der Waals surface area contributed by atoms with Crippen molar-refractivity contribution in [3.05, 3.63) is 0 Å². The molecule has 0 aliphatic carbocycles. The van der Waals surface area contributed by atoms with Gasteiger partial charge in [-0.2, -0.15) is 0 Å². The number of carbonyl (C=O) groups excluding carboxylic acids is 4. The van der Waals surface area contributed by atoms with E-state index in [1.165, 1.54) is 32.1 Å². The third-order valence-electron chi connectivity index (χ3n) is 10.9. The predicted octanol–water partition coefficient (Wildman–Crippen LogP) is 11.7. The van der Waals surface area contributed by atoms with Crippen LogP contribution in [0.5, 0.6) is 0 Å². The van der Waals surface area contributed by atoms with Crippen LogP contribution in [0.3, 0.4) is 0 Å². The van der Waals surface area contributed by atoms with Crippen LogP contribution in [0.25, 0.3) is 0 Å². The topological polar surface area (TPSA) is 237 Å². The van der Waals surface area contributed by atoms with Crippen molar-refractivity contribution in [2.45, 2.75) is 245 Å². The van der Waals surface area contributed by atoms with Crippen molar-refractivity contribution in [2.75, 3.05) is 39.6 Å². The van der Waals surface area contributed by atoms with Gasteiger partial charge in [0.05, 0.1) is 26.4 Å². The van der Waals surface area contributed by atoms with Gasteiger partial charge >= 0.3 is 39.5 Å². The van der Waals surface area contributed by atoms with Crippen molar-refractivity contribution in [3.8, 4) is 0 Å². The van der Waals surface area contributed by atoms with Gasteiger partial charge in [0.2, 0.25) is 0 Å². The number of unbranched alkanes of at least 4 members (excludes halogenated alkanes) is 23. The van der Waals surface area contributed by atoms with Crippen LogP contribution in [0.1, 0.15) is 227 Å². The SMILES string of the molecule is CCCCCCCCCCCC(=O)OC[C@H](COP(=O)(O)OC[C@@H](O)COP(=O)(O)OC[C@@H](COC(=O)CCCCCC)OC(=O)CCCCCCCCC)OC(=O)CCCCCCCCC. The Labute approximate surface area is 403 Å². The van der Waals surface area contributed by atoms with Crippen LogP contribution in [0, 0.1) is 0 Å². The fourth-order valence-electron chi connectivity index (χ4n) is 6.80. The standard InChI is InChI=1S/C48H92O17P2/c1-5-9-13-17-20-21-24-25-29-33-46(51)59-39-44(65-48(53)35-31-27-23-19-15-11-7-3)41-63-67(56,57)61-37-42(49)36-60-66(54,55)62-40-43(38-58-45(50)32-28-16-12-8-4)64-47(52)34-30-26-22-18-14-10-6-2/h42-44,49H,5-41H2,1-4H3,(H,54,55)(H,56,57)/t42-,43+,44+/m0/s1. The van der Waals surface area contributed by atoms with Crippen LogP contribution in [0.2, 0.25) is 0 Å². The number of aliphatic hydroxyl groups excluding tert-OH is 1. The highest BCUT2D eigenvalue weighted by atomic mass is 31.2. The molecule has 2 unspecified atom stereocenters. The van der Waals surface area contributed by atoms with Crippen molar-refractivity contribution in [3.63, 3.8) is 0 Å². The highest BCUT2D eigenvalue weighted by molar-refractivity contribution is 7.47. The molecule has 0 aromatic heterocycles. The molecule has 5 atom stereocenters. The van der Waals surface area contributed by atoms with Gasteiger partial charge in [-0.3, -0.25) is 37.3 Å². The Morgan fingerprint density at radius 1 is 0.358 bits per heavy atom. The molecule has 0 amide bonds. The van der Waals surface area contributed by atoms with Gasteiger partial charge in [0.1, 0.15) is 19.3 Å². The lowest BCUT2D eigenvalue weighted by Crippen LogP contribution is -2.30. The van der Waals surface area contributed by atoms with Gasteiger partial charge < -0.3 is 33.8 Å². The van der Waals surface area contributed by atoms with E-state index in [1.807, 2.05) is 6.92 Å². The number of ether oxygens (including phenoxy) is 4. The average Bonchev–Trinajstić information content (AvgIpc) is 3.29. The lowest BCUT2D eigenvalue weighted by Gasteiger charge is -2.21. The zero-order chi connectivity index (χ0) is 49.9. The summed E-state index contributed by atoms with van der Waals surface area (Å²) in [5.74, 6) is -2.18. The van der Waals surface area contributed by atoms with Crippen molar-refractivity contribution >= 4 is 39.5 Å². The molecule has 17 nitrogen and oxygen atoms in total. The Hall–Kier alpha value is -1.94. The quantitative estimate of drug-likeness (QED) is 0.0222. The molecule has 0 saturated heterocycles. The molecular weight excluding hydrogens is 910 g/mol. The molecule has 396 valence electrons. The maximum absolute atomic E-state index is 12.8. The first-order chi connectivity index (χ1) is 32.2. The molecule has 0 spiro atoms. The molecule has 0 radical (unpaired) electrons. The second kappa shape index (κ2) is 44.0. The second-order valence-electron chi connectivity index (χ2n) is 17.5. The Kier molecular flexibility index (Phi) is 42.8. The number of carbonyl (C=O) groups is 4. The number of phosphoric ester groups is 2. The van der Waals surface area contributed by atoms with Gasteiger partial charge in [-0.15, -0.1) is 0 Å². The number of rotatable bonds is 49. The van der Waals surface area contributed by atoms with E-state index in [1.54, 1.807) is 0 Å². The summed E-state index contributed by atoms with van der Waals surface area (Å²) in [6.07, 6.45) is 23.3.